The molecule has 0 bridgehead atoms. The van der Waals surface area contributed by atoms with E-state index in [4.69, 9.17) is 11.6 Å². The zero-order chi connectivity index (χ0) is 20.5. The second-order valence-electron chi connectivity index (χ2n) is 6.90. The zero-order valence-corrected chi connectivity index (χ0v) is 18.1. The maximum absolute atomic E-state index is 12.6. The van der Waals surface area contributed by atoms with Gasteiger partial charge in [-0.15, -0.1) is 11.3 Å². The Morgan fingerprint density at radius 1 is 1.27 bits per heavy atom. The molecule has 0 radical (unpaired) electrons. The molecule has 5 rings (SSSR count). The second-order valence-corrected chi connectivity index (χ2v) is 9.47. The van der Waals surface area contributed by atoms with Gasteiger partial charge in [-0.2, -0.15) is 5.10 Å². The Bertz CT molecular complexity index is 1220. The van der Waals surface area contributed by atoms with Crippen LogP contribution in [-0.2, 0) is 6.54 Å². The van der Waals surface area contributed by atoms with Crippen LogP contribution in [0.2, 0.25) is 5.02 Å². The van der Waals surface area contributed by atoms with Gasteiger partial charge < -0.3 is 10.0 Å². The fourth-order valence-electron chi connectivity index (χ4n) is 2.87. The van der Waals surface area contributed by atoms with Gasteiger partial charge in [-0.3, -0.25) is 9.78 Å². The normalized spacial score (nSPS) is 13.5. The lowest BCUT2D eigenvalue weighted by Crippen LogP contribution is -2.23. The first-order chi connectivity index (χ1) is 14.7. The van der Waals surface area contributed by atoms with E-state index in [-0.39, 0.29) is 5.91 Å². The lowest BCUT2D eigenvalue weighted by atomic mass is 10.2. The molecule has 152 valence electrons. The molecule has 1 saturated carbocycles. The average Bonchev–Trinajstić information content (AvgIpc) is 3.29. The minimum atomic E-state index is -0.228. The van der Waals surface area contributed by atoms with Crippen LogP contribution in [0.5, 0.6) is 0 Å². The molecule has 0 spiro atoms. The maximum Gasteiger partial charge on any atom is 0.280 e. The van der Waals surface area contributed by atoms with E-state index in [0.717, 1.165) is 27.3 Å². The maximum atomic E-state index is 12.6. The Balaban J connectivity index is 1.25. The fraction of sp³-hybridized carbons (Fsp3) is 0.200. The van der Waals surface area contributed by atoms with Crippen LogP contribution in [0.3, 0.4) is 0 Å². The smallest absolute Gasteiger partial charge is 0.280 e. The summed E-state index contributed by atoms with van der Waals surface area (Å²) in [7, 11) is 0. The molecule has 0 saturated heterocycles. The predicted octanol–water partition coefficient (Wildman–Crippen LogP) is 4.66. The van der Waals surface area contributed by atoms with Crippen LogP contribution < -0.4 is 10.0 Å². The monoisotopic (exact) mass is 456 g/mol. The second kappa shape index (κ2) is 8.25. The van der Waals surface area contributed by atoms with E-state index < -0.39 is 0 Å². The number of rotatable bonds is 7. The van der Waals surface area contributed by atoms with Crippen molar-refractivity contribution in [2.75, 3.05) is 4.72 Å². The lowest BCUT2D eigenvalue weighted by molar-refractivity contribution is 0.0950. The molecule has 0 aromatic carbocycles. The molecule has 4 aromatic heterocycles. The van der Waals surface area contributed by atoms with Gasteiger partial charge in [0.05, 0.1) is 28.8 Å². The number of nitrogens with one attached hydrogen (secondary N) is 2. The van der Waals surface area contributed by atoms with Crippen molar-refractivity contribution in [2.45, 2.75) is 24.6 Å². The van der Waals surface area contributed by atoms with Crippen molar-refractivity contribution in [1.82, 2.24) is 24.9 Å². The van der Waals surface area contributed by atoms with Crippen molar-refractivity contribution in [3.05, 3.63) is 64.8 Å². The summed E-state index contributed by atoms with van der Waals surface area (Å²) in [6.45, 7) is 0.337. The summed E-state index contributed by atoms with van der Waals surface area (Å²) in [6, 6.07) is 7.50. The van der Waals surface area contributed by atoms with Gasteiger partial charge in [0.15, 0.2) is 5.01 Å². The van der Waals surface area contributed by atoms with Crippen LogP contribution in [-0.4, -0.2) is 30.7 Å². The number of hydrogen-bond donors (Lipinski definition) is 2. The number of aromatic nitrogens is 4. The molecular weight excluding hydrogens is 440 g/mol. The van der Waals surface area contributed by atoms with E-state index in [1.54, 1.807) is 47.3 Å². The summed E-state index contributed by atoms with van der Waals surface area (Å²) in [5.41, 5.74) is 3.55. The summed E-state index contributed by atoms with van der Waals surface area (Å²) in [5, 5.41) is 8.96. The molecule has 7 nitrogen and oxygen atoms in total. The third kappa shape index (κ3) is 4.28. The van der Waals surface area contributed by atoms with E-state index >= 15 is 0 Å². The summed E-state index contributed by atoms with van der Waals surface area (Å²) >= 11 is 9.17. The molecular formula is C20H17ClN6OS2. The third-order valence-corrected chi connectivity index (χ3v) is 6.99. The van der Waals surface area contributed by atoms with Crippen LogP contribution >= 0.6 is 34.9 Å². The van der Waals surface area contributed by atoms with Crippen molar-refractivity contribution in [3.8, 4) is 10.4 Å². The number of fused-ring (bicyclic) bond motifs is 1. The third-order valence-electron chi connectivity index (χ3n) is 4.56. The Morgan fingerprint density at radius 3 is 3.03 bits per heavy atom. The molecule has 0 atom stereocenters. The number of carbonyl (C=O) groups is 1. The van der Waals surface area contributed by atoms with Crippen molar-refractivity contribution < 1.29 is 4.79 Å². The minimum Gasteiger partial charge on any atom is -0.344 e. The van der Waals surface area contributed by atoms with E-state index in [2.05, 4.69) is 25.1 Å². The van der Waals surface area contributed by atoms with Gasteiger partial charge >= 0.3 is 0 Å². The molecule has 30 heavy (non-hydrogen) atoms. The summed E-state index contributed by atoms with van der Waals surface area (Å²) in [4.78, 5) is 22.1. The summed E-state index contributed by atoms with van der Waals surface area (Å²) in [6.07, 6.45) is 9.52. The topological polar surface area (TPSA) is 84.2 Å². The molecule has 1 aliphatic rings. The largest absolute Gasteiger partial charge is 0.344 e. The van der Waals surface area contributed by atoms with Crippen LogP contribution in [0.15, 0.2) is 49.1 Å². The number of thiazole rings is 1. The highest BCUT2D eigenvalue weighted by Crippen LogP contribution is 2.34. The number of pyridine rings is 2. The summed E-state index contributed by atoms with van der Waals surface area (Å²) in [5.74, 6) is -0.228. The van der Waals surface area contributed by atoms with Gasteiger partial charge in [0, 0.05) is 40.1 Å². The highest BCUT2D eigenvalue weighted by Gasteiger charge is 2.22. The van der Waals surface area contributed by atoms with Crippen molar-refractivity contribution in [3.63, 3.8) is 0 Å². The highest BCUT2D eigenvalue weighted by atomic mass is 35.5. The van der Waals surface area contributed by atoms with Crippen LogP contribution in [0, 0.1) is 0 Å². The van der Waals surface area contributed by atoms with Crippen LogP contribution in [0.1, 0.15) is 28.3 Å². The van der Waals surface area contributed by atoms with Crippen LogP contribution in [0.4, 0.5) is 5.69 Å². The van der Waals surface area contributed by atoms with E-state index in [9.17, 15) is 4.79 Å². The van der Waals surface area contributed by atoms with Gasteiger partial charge in [0.25, 0.3) is 5.91 Å². The lowest BCUT2D eigenvalue weighted by Gasteiger charge is -2.07. The predicted molar refractivity (Wildman–Crippen MR) is 121 cm³/mol. The number of amides is 1. The SMILES string of the molecule is O=C(NCc1cc(NSC2CC2)ccn1)c1ncc(-c2cnn3ccc(Cl)cc23)s1. The number of anilines is 1. The Kier molecular flexibility index (Phi) is 5.32. The molecule has 1 amide bonds. The van der Waals surface area contributed by atoms with Gasteiger partial charge in [0.1, 0.15) is 0 Å². The first kappa shape index (κ1) is 19.3. The van der Waals surface area contributed by atoms with Gasteiger partial charge in [-0.1, -0.05) is 11.6 Å². The highest BCUT2D eigenvalue weighted by molar-refractivity contribution is 8.01. The van der Waals surface area contributed by atoms with Gasteiger partial charge in [-0.05, 0) is 49.1 Å². The van der Waals surface area contributed by atoms with E-state index in [1.165, 1.54) is 24.2 Å². The molecule has 10 heteroatoms. The first-order valence-electron chi connectivity index (χ1n) is 9.39. The number of halogens is 1. The van der Waals surface area contributed by atoms with Crippen molar-refractivity contribution in [2.24, 2.45) is 0 Å². The first-order valence-corrected chi connectivity index (χ1v) is 11.5. The number of carbonyl (C=O) groups excluding carboxylic acids is 1. The van der Waals surface area contributed by atoms with Crippen molar-refractivity contribution in [1.29, 1.82) is 0 Å². The molecule has 1 aliphatic carbocycles. The fourth-order valence-corrected chi connectivity index (χ4v) is 4.68. The molecule has 4 aromatic rings. The average molecular weight is 457 g/mol. The van der Waals surface area contributed by atoms with Crippen molar-refractivity contribution >= 4 is 52.0 Å². The van der Waals surface area contributed by atoms with E-state index in [1.807, 2.05) is 18.2 Å². The molecule has 2 N–H and O–H groups in total. The van der Waals surface area contributed by atoms with Gasteiger partial charge in [0.2, 0.25) is 0 Å². The zero-order valence-electron chi connectivity index (χ0n) is 15.7. The summed E-state index contributed by atoms with van der Waals surface area (Å²) < 4.78 is 5.09. The Hall–Kier alpha value is -2.62. The number of hydrogen-bond acceptors (Lipinski definition) is 7. The van der Waals surface area contributed by atoms with Crippen LogP contribution in [0.25, 0.3) is 16.0 Å². The molecule has 0 unspecified atom stereocenters. The molecule has 0 aliphatic heterocycles. The quantitative estimate of drug-likeness (QED) is 0.393. The standard InChI is InChI=1S/C20H17ClN6OS2/c21-12-4-6-27-17(7-12)16(10-25-27)18-11-24-20(29-18)19(28)23-9-14-8-13(3-5-22-14)26-30-15-1-2-15/h3-8,10-11,15H,1-2,9H2,(H,22,26)(H,23,28). The Labute approximate surface area is 186 Å². The molecule has 4 heterocycles. The number of nitrogens with zero attached hydrogens (tertiary/aromatic N) is 4. The van der Waals surface area contributed by atoms with E-state index in [0.29, 0.717) is 21.8 Å². The minimum absolute atomic E-state index is 0.228. The van der Waals surface area contributed by atoms with Gasteiger partial charge in [-0.25, -0.2) is 9.50 Å². The molecule has 1 fully saturated rings. The Morgan fingerprint density at radius 2 is 2.17 bits per heavy atom.